The molecule has 0 unspecified atom stereocenters. The Morgan fingerprint density at radius 3 is 2.75 bits per heavy atom. The summed E-state index contributed by atoms with van der Waals surface area (Å²) in [6.07, 6.45) is 1.92. The first kappa shape index (κ1) is 13.5. The Labute approximate surface area is 101 Å². The summed E-state index contributed by atoms with van der Waals surface area (Å²) in [5, 5.41) is 4.10. The average molecular weight is 263 g/mol. The van der Waals surface area contributed by atoms with Gasteiger partial charge in [0.05, 0.1) is 12.9 Å². The maximum absolute atomic E-state index is 10.9. The van der Waals surface area contributed by atoms with Crippen LogP contribution in [0.3, 0.4) is 0 Å². The van der Waals surface area contributed by atoms with Crippen molar-refractivity contribution in [3.63, 3.8) is 0 Å². The molecular formula is C10H17NO3S2. The minimum Gasteiger partial charge on any atom is -0.487 e. The Balaban J connectivity index is 2.16. The molecule has 0 bridgehead atoms. The number of hydrogen-bond acceptors (Lipinski definition) is 5. The van der Waals surface area contributed by atoms with Gasteiger partial charge < -0.3 is 10.1 Å². The highest BCUT2D eigenvalue weighted by molar-refractivity contribution is 7.90. The van der Waals surface area contributed by atoms with E-state index in [4.69, 9.17) is 4.74 Å². The smallest absolute Gasteiger partial charge is 0.173 e. The van der Waals surface area contributed by atoms with E-state index in [1.54, 1.807) is 18.4 Å². The molecule has 92 valence electrons. The van der Waals surface area contributed by atoms with Gasteiger partial charge in [-0.15, -0.1) is 11.3 Å². The molecule has 1 aromatic rings. The van der Waals surface area contributed by atoms with Crippen LogP contribution < -0.4 is 10.1 Å². The van der Waals surface area contributed by atoms with Crippen LogP contribution in [0.4, 0.5) is 0 Å². The highest BCUT2D eigenvalue weighted by Gasteiger charge is 2.02. The lowest BCUT2D eigenvalue weighted by Crippen LogP contribution is -2.17. The number of hydrogen-bond donors (Lipinski definition) is 1. The van der Waals surface area contributed by atoms with E-state index in [2.05, 4.69) is 5.32 Å². The second-order valence-electron chi connectivity index (χ2n) is 3.59. The van der Waals surface area contributed by atoms with Gasteiger partial charge in [0.2, 0.25) is 0 Å². The maximum atomic E-state index is 10.9. The largest absolute Gasteiger partial charge is 0.487 e. The van der Waals surface area contributed by atoms with Gasteiger partial charge in [0.15, 0.2) is 5.06 Å². The summed E-state index contributed by atoms with van der Waals surface area (Å²) in [7, 11) is -1.18. The first-order valence-electron chi connectivity index (χ1n) is 5.02. The van der Waals surface area contributed by atoms with Crippen molar-refractivity contribution in [1.29, 1.82) is 0 Å². The van der Waals surface area contributed by atoms with Gasteiger partial charge in [-0.2, -0.15) is 0 Å². The van der Waals surface area contributed by atoms with Crippen molar-refractivity contribution in [2.24, 2.45) is 0 Å². The number of rotatable bonds is 7. The minimum atomic E-state index is -2.83. The number of sulfone groups is 1. The van der Waals surface area contributed by atoms with Gasteiger partial charge in [-0.1, -0.05) is 0 Å². The summed E-state index contributed by atoms with van der Waals surface area (Å²) in [6.45, 7) is 1.48. The average Bonchev–Trinajstić information content (AvgIpc) is 2.63. The molecule has 0 saturated heterocycles. The van der Waals surface area contributed by atoms with Crippen molar-refractivity contribution in [2.75, 3.05) is 25.7 Å². The summed E-state index contributed by atoms with van der Waals surface area (Å²) >= 11 is 1.59. The van der Waals surface area contributed by atoms with Crippen molar-refractivity contribution in [2.45, 2.75) is 13.0 Å². The molecule has 1 N–H and O–H groups in total. The van der Waals surface area contributed by atoms with Crippen molar-refractivity contribution in [3.05, 3.63) is 17.0 Å². The Morgan fingerprint density at radius 2 is 2.19 bits per heavy atom. The zero-order valence-corrected chi connectivity index (χ0v) is 11.2. The van der Waals surface area contributed by atoms with Crippen molar-refractivity contribution in [1.82, 2.24) is 5.32 Å². The molecule has 0 saturated carbocycles. The molecule has 0 amide bonds. The van der Waals surface area contributed by atoms with Gasteiger partial charge >= 0.3 is 0 Å². The molecule has 0 spiro atoms. The molecule has 1 aromatic heterocycles. The normalized spacial score (nSPS) is 11.6. The molecule has 0 aliphatic carbocycles. The van der Waals surface area contributed by atoms with Crippen LogP contribution in [0.15, 0.2) is 12.1 Å². The molecule has 16 heavy (non-hydrogen) atoms. The molecule has 0 atom stereocenters. The standard InChI is InChI=1S/C10H17NO3S2/c1-14-10-5-4-9(15-10)8-11-6-3-7-16(2,12)13/h4-5,11H,3,6-8H2,1-2H3. The van der Waals surface area contributed by atoms with Crippen LogP contribution in [0.2, 0.25) is 0 Å². The lowest BCUT2D eigenvalue weighted by atomic mass is 10.4. The maximum Gasteiger partial charge on any atom is 0.173 e. The highest BCUT2D eigenvalue weighted by atomic mass is 32.2. The second-order valence-corrected chi connectivity index (χ2v) is 6.98. The van der Waals surface area contributed by atoms with E-state index in [9.17, 15) is 8.42 Å². The first-order chi connectivity index (χ1) is 7.51. The third-order valence-corrected chi connectivity index (χ3v) is 4.08. The van der Waals surface area contributed by atoms with E-state index in [1.807, 2.05) is 12.1 Å². The second kappa shape index (κ2) is 6.22. The van der Waals surface area contributed by atoms with Crippen LogP contribution in [0, 0.1) is 0 Å². The summed E-state index contributed by atoms with van der Waals surface area (Å²) < 4.78 is 26.8. The van der Waals surface area contributed by atoms with E-state index in [0.717, 1.165) is 11.6 Å². The zero-order chi connectivity index (χ0) is 12.0. The van der Waals surface area contributed by atoms with Crippen molar-refractivity contribution >= 4 is 21.2 Å². The van der Waals surface area contributed by atoms with E-state index in [-0.39, 0.29) is 5.75 Å². The number of nitrogens with one attached hydrogen (secondary N) is 1. The van der Waals surface area contributed by atoms with E-state index < -0.39 is 9.84 Å². The third kappa shape index (κ3) is 5.48. The molecule has 1 heterocycles. The predicted octanol–water partition coefficient (Wildman–Crippen LogP) is 1.28. The van der Waals surface area contributed by atoms with Gasteiger partial charge in [0, 0.05) is 17.7 Å². The van der Waals surface area contributed by atoms with Crippen LogP contribution in [-0.2, 0) is 16.4 Å². The Bertz CT molecular complexity index is 411. The van der Waals surface area contributed by atoms with Crippen molar-refractivity contribution in [3.8, 4) is 5.06 Å². The van der Waals surface area contributed by atoms with Crippen LogP contribution in [0.5, 0.6) is 5.06 Å². The fourth-order valence-corrected chi connectivity index (χ4v) is 2.69. The van der Waals surface area contributed by atoms with Crippen molar-refractivity contribution < 1.29 is 13.2 Å². The van der Waals surface area contributed by atoms with Gasteiger partial charge in [-0.05, 0) is 25.1 Å². The zero-order valence-electron chi connectivity index (χ0n) is 9.52. The molecule has 0 fully saturated rings. The van der Waals surface area contributed by atoms with Crippen LogP contribution in [0.25, 0.3) is 0 Å². The minimum absolute atomic E-state index is 0.244. The van der Waals surface area contributed by atoms with E-state index in [0.29, 0.717) is 13.0 Å². The van der Waals surface area contributed by atoms with Crippen LogP contribution in [0.1, 0.15) is 11.3 Å². The fraction of sp³-hybridized carbons (Fsp3) is 0.600. The quantitative estimate of drug-likeness (QED) is 0.753. The van der Waals surface area contributed by atoms with Crippen LogP contribution >= 0.6 is 11.3 Å². The molecule has 6 heteroatoms. The van der Waals surface area contributed by atoms with Crippen LogP contribution in [-0.4, -0.2) is 34.1 Å². The molecule has 0 aliphatic rings. The number of ether oxygens (including phenoxy) is 1. The van der Waals surface area contributed by atoms with E-state index in [1.165, 1.54) is 11.1 Å². The highest BCUT2D eigenvalue weighted by Crippen LogP contribution is 2.23. The molecule has 0 aliphatic heterocycles. The van der Waals surface area contributed by atoms with E-state index >= 15 is 0 Å². The molecule has 1 rings (SSSR count). The summed E-state index contributed by atoms with van der Waals surface area (Å²) in [5.74, 6) is 0.244. The Kier molecular flexibility index (Phi) is 5.24. The first-order valence-corrected chi connectivity index (χ1v) is 7.90. The predicted molar refractivity (Wildman–Crippen MR) is 66.9 cm³/mol. The Hall–Kier alpha value is -0.590. The van der Waals surface area contributed by atoms with Gasteiger partial charge in [0.25, 0.3) is 0 Å². The fourth-order valence-electron chi connectivity index (χ4n) is 1.23. The molecule has 0 radical (unpaired) electrons. The third-order valence-electron chi connectivity index (χ3n) is 2.01. The van der Waals surface area contributed by atoms with Gasteiger partial charge in [0.1, 0.15) is 9.84 Å². The molecular weight excluding hydrogens is 246 g/mol. The topological polar surface area (TPSA) is 55.4 Å². The number of thiophene rings is 1. The summed E-state index contributed by atoms with van der Waals surface area (Å²) in [5.41, 5.74) is 0. The summed E-state index contributed by atoms with van der Waals surface area (Å²) in [4.78, 5) is 1.19. The molecule has 4 nitrogen and oxygen atoms in total. The monoisotopic (exact) mass is 263 g/mol. The SMILES string of the molecule is COc1ccc(CNCCCS(C)(=O)=O)s1. The number of methoxy groups -OCH3 is 1. The summed E-state index contributed by atoms with van der Waals surface area (Å²) in [6, 6.07) is 3.94. The Morgan fingerprint density at radius 1 is 1.44 bits per heavy atom. The molecule has 0 aromatic carbocycles. The van der Waals surface area contributed by atoms with Gasteiger partial charge in [-0.25, -0.2) is 8.42 Å². The van der Waals surface area contributed by atoms with Gasteiger partial charge in [-0.3, -0.25) is 0 Å². The lowest BCUT2D eigenvalue weighted by molar-refractivity contribution is 0.427. The lowest BCUT2D eigenvalue weighted by Gasteiger charge is -2.01.